The molecular weight excluding hydrogens is 294 g/mol. The third kappa shape index (κ3) is 3.62. The van der Waals surface area contributed by atoms with E-state index in [-0.39, 0.29) is 17.9 Å². The molecule has 1 heterocycles. The lowest BCUT2D eigenvalue weighted by Crippen LogP contribution is -2.38. The average molecular weight is 313 g/mol. The Morgan fingerprint density at radius 1 is 1.09 bits per heavy atom. The quantitative estimate of drug-likeness (QED) is 0.907. The fourth-order valence-electron chi connectivity index (χ4n) is 3.02. The summed E-state index contributed by atoms with van der Waals surface area (Å²) in [5.41, 5.74) is 2.46. The molecule has 2 N–H and O–H groups in total. The van der Waals surface area contributed by atoms with Crippen molar-refractivity contribution in [2.24, 2.45) is 5.92 Å². The van der Waals surface area contributed by atoms with E-state index in [1.54, 1.807) is 18.6 Å². The van der Waals surface area contributed by atoms with Gasteiger partial charge in [0.25, 0.3) is 5.91 Å². The van der Waals surface area contributed by atoms with E-state index in [4.69, 9.17) is 9.52 Å². The highest BCUT2D eigenvalue weighted by molar-refractivity contribution is 5.95. The number of carbonyl (C=O) groups excluding carboxylic acids is 1. The number of carboxylic acids is 1. The van der Waals surface area contributed by atoms with Gasteiger partial charge < -0.3 is 14.8 Å². The van der Waals surface area contributed by atoms with Gasteiger partial charge in [0, 0.05) is 17.2 Å². The van der Waals surface area contributed by atoms with Crippen molar-refractivity contribution in [1.82, 2.24) is 5.32 Å². The SMILES string of the molecule is O=C(NC1CCC(C(=O)O)CC1)c1cccc(-c2ccoc2)c1. The summed E-state index contributed by atoms with van der Waals surface area (Å²) < 4.78 is 5.07. The normalized spacial score (nSPS) is 20.9. The highest BCUT2D eigenvalue weighted by atomic mass is 16.4. The number of carbonyl (C=O) groups is 2. The molecule has 1 fully saturated rings. The zero-order valence-electron chi connectivity index (χ0n) is 12.7. The Balaban J connectivity index is 1.63. The molecule has 5 nitrogen and oxygen atoms in total. The van der Waals surface area contributed by atoms with Crippen molar-refractivity contribution in [3.05, 3.63) is 48.4 Å². The van der Waals surface area contributed by atoms with Crippen molar-refractivity contribution >= 4 is 11.9 Å². The summed E-state index contributed by atoms with van der Waals surface area (Å²) in [6.45, 7) is 0. The van der Waals surface area contributed by atoms with Crippen LogP contribution in [-0.2, 0) is 4.79 Å². The maximum absolute atomic E-state index is 12.4. The third-order valence-corrected chi connectivity index (χ3v) is 4.39. The predicted octanol–water partition coefficient (Wildman–Crippen LogP) is 3.32. The second-order valence-electron chi connectivity index (χ2n) is 5.95. The van der Waals surface area contributed by atoms with Crippen LogP contribution < -0.4 is 5.32 Å². The molecule has 0 atom stereocenters. The van der Waals surface area contributed by atoms with Gasteiger partial charge in [0.1, 0.15) is 0 Å². The van der Waals surface area contributed by atoms with E-state index >= 15 is 0 Å². The summed E-state index contributed by atoms with van der Waals surface area (Å²) in [7, 11) is 0. The molecule has 1 aliphatic carbocycles. The number of carboxylic acid groups (broad SMARTS) is 1. The summed E-state index contributed by atoms with van der Waals surface area (Å²) in [6, 6.07) is 9.29. The first-order chi connectivity index (χ1) is 11.1. The molecular formula is C18H19NO4. The first-order valence-electron chi connectivity index (χ1n) is 7.80. The Bertz CT molecular complexity index is 685. The Morgan fingerprint density at radius 2 is 1.87 bits per heavy atom. The fourth-order valence-corrected chi connectivity index (χ4v) is 3.02. The Hall–Kier alpha value is -2.56. The first kappa shape index (κ1) is 15.3. The van der Waals surface area contributed by atoms with Crippen LogP contribution in [0.3, 0.4) is 0 Å². The molecule has 0 bridgehead atoms. The standard InChI is InChI=1S/C18H19NO4/c20-17(19-16-6-4-12(5-7-16)18(21)22)14-3-1-2-13(10-14)15-8-9-23-11-15/h1-3,8-12,16H,4-7H2,(H,19,20)(H,21,22). The van der Waals surface area contributed by atoms with Crippen molar-refractivity contribution in [2.45, 2.75) is 31.7 Å². The molecule has 3 rings (SSSR count). The molecule has 0 aliphatic heterocycles. The first-order valence-corrected chi connectivity index (χ1v) is 7.80. The Labute approximate surface area is 134 Å². The van der Waals surface area contributed by atoms with Crippen LogP contribution in [0, 0.1) is 5.92 Å². The van der Waals surface area contributed by atoms with Crippen LogP contribution in [0.4, 0.5) is 0 Å². The number of benzene rings is 1. The minimum atomic E-state index is -0.734. The van der Waals surface area contributed by atoms with Gasteiger partial charge in [0.2, 0.25) is 0 Å². The lowest BCUT2D eigenvalue weighted by Gasteiger charge is -2.26. The molecule has 23 heavy (non-hydrogen) atoms. The third-order valence-electron chi connectivity index (χ3n) is 4.39. The molecule has 120 valence electrons. The van der Waals surface area contributed by atoms with Crippen molar-refractivity contribution in [2.75, 3.05) is 0 Å². The van der Waals surface area contributed by atoms with Crippen LogP contribution in [0.25, 0.3) is 11.1 Å². The predicted molar refractivity (Wildman–Crippen MR) is 85.0 cm³/mol. The molecule has 0 spiro atoms. The van der Waals surface area contributed by atoms with Crippen molar-refractivity contribution in [3.63, 3.8) is 0 Å². The summed E-state index contributed by atoms with van der Waals surface area (Å²) in [5, 5.41) is 12.0. The molecule has 2 aromatic rings. The molecule has 0 unspecified atom stereocenters. The number of rotatable bonds is 4. The number of aliphatic carboxylic acids is 1. The van der Waals surface area contributed by atoms with Crippen LogP contribution >= 0.6 is 0 Å². The lowest BCUT2D eigenvalue weighted by molar-refractivity contribution is -0.142. The van der Waals surface area contributed by atoms with Gasteiger partial charge in [-0.1, -0.05) is 12.1 Å². The molecule has 1 aromatic carbocycles. The Morgan fingerprint density at radius 3 is 2.52 bits per heavy atom. The summed E-state index contributed by atoms with van der Waals surface area (Å²) in [5.74, 6) is -1.12. The number of nitrogens with one attached hydrogen (secondary N) is 1. The molecule has 1 amide bonds. The summed E-state index contributed by atoms with van der Waals surface area (Å²) >= 11 is 0. The lowest BCUT2D eigenvalue weighted by atomic mass is 9.86. The number of hydrogen-bond acceptors (Lipinski definition) is 3. The zero-order valence-corrected chi connectivity index (χ0v) is 12.7. The van der Waals surface area contributed by atoms with Crippen LogP contribution in [0.1, 0.15) is 36.0 Å². The highest BCUT2D eigenvalue weighted by Crippen LogP contribution is 2.25. The molecule has 0 saturated heterocycles. The van der Waals surface area contributed by atoms with E-state index in [0.29, 0.717) is 31.2 Å². The van der Waals surface area contributed by atoms with Crippen LogP contribution in [0.5, 0.6) is 0 Å². The van der Waals surface area contributed by atoms with Gasteiger partial charge in [0.15, 0.2) is 0 Å². The maximum Gasteiger partial charge on any atom is 0.306 e. The number of amides is 1. The molecule has 0 radical (unpaired) electrons. The van der Waals surface area contributed by atoms with E-state index in [1.807, 2.05) is 24.3 Å². The molecule has 1 aromatic heterocycles. The van der Waals surface area contributed by atoms with Gasteiger partial charge in [-0.05, 0) is 49.4 Å². The smallest absolute Gasteiger partial charge is 0.306 e. The topological polar surface area (TPSA) is 79.5 Å². The molecule has 1 saturated carbocycles. The minimum Gasteiger partial charge on any atom is -0.481 e. The van der Waals surface area contributed by atoms with Crippen molar-refractivity contribution in [1.29, 1.82) is 0 Å². The maximum atomic E-state index is 12.4. The zero-order chi connectivity index (χ0) is 16.2. The van der Waals surface area contributed by atoms with Crippen molar-refractivity contribution in [3.8, 4) is 11.1 Å². The molecule has 1 aliphatic rings. The number of furan rings is 1. The highest BCUT2D eigenvalue weighted by Gasteiger charge is 2.26. The van der Waals surface area contributed by atoms with Gasteiger partial charge in [-0.3, -0.25) is 9.59 Å². The van der Waals surface area contributed by atoms with E-state index in [2.05, 4.69) is 5.32 Å². The second-order valence-corrected chi connectivity index (χ2v) is 5.95. The van der Waals surface area contributed by atoms with Gasteiger partial charge in [-0.2, -0.15) is 0 Å². The van der Waals surface area contributed by atoms with Crippen LogP contribution in [-0.4, -0.2) is 23.0 Å². The molecule has 5 heteroatoms. The summed E-state index contributed by atoms with van der Waals surface area (Å²) in [4.78, 5) is 23.4. The van der Waals surface area contributed by atoms with Crippen LogP contribution in [0.2, 0.25) is 0 Å². The van der Waals surface area contributed by atoms with Crippen LogP contribution in [0.15, 0.2) is 47.3 Å². The van der Waals surface area contributed by atoms with Gasteiger partial charge >= 0.3 is 5.97 Å². The number of hydrogen-bond donors (Lipinski definition) is 2. The monoisotopic (exact) mass is 313 g/mol. The Kier molecular flexibility index (Phi) is 4.46. The van der Waals surface area contributed by atoms with Gasteiger partial charge in [-0.15, -0.1) is 0 Å². The van der Waals surface area contributed by atoms with E-state index in [1.165, 1.54) is 0 Å². The fraction of sp³-hybridized carbons (Fsp3) is 0.333. The van der Waals surface area contributed by atoms with E-state index < -0.39 is 5.97 Å². The minimum absolute atomic E-state index is 0.0516. The second kappa shape index (κ2) is 6.69. The van der Waals surface area contributed by atoms with Gasteiger partial charge in [-0.25, -0.2) is 0 Å². The average Bonchev–Trinajstić information content (AvgIpc) is 3.10. The van der Waals surface area contributed by atoms with Crippen molar-refractivity contribution < 1.29 is 19.1 Å². The summed E-state index contributed by atoms with van der Waals surface area (Å²) in [6.07, 6.45) is 5.91. The van der Waals surface area contributed by atoms with Gasteiger partial charge in [0.05, 0.1) is 18.4 Å². The van der Waals surface area contributed by atoms with E-state index in [9.17, 15) is 9.59 Å². The largest absolute Gasteiger partial charge is 0.481 e. The van der Waals surface area contributed by atoms with E-state index in [0.717, 1.165) is 11.1 Å².